The molecule has 0 atom stereocenters. The zero-order valence-corrected chi connectivity index (χ0v) is 12.7. The molecule has 0 saturated carbocycles. The van der Waals surface area contributed by atoms with Crippen LogP contribution in [-0.4, -0.2) is 21.8 Å². The molecule has 0 radical (unpaired) electrons. The second-order valence-corrected chi connectivity index (χ2v) is 5.54. The number of aryl methyl sites for hydroxylation is 2. The van der Waals surface area contributed by atoms with Crippen LogP contribution in [0.1, 0.15) is 23.2 Å². The van der Waals surface area contributed by atoms with Gasteiger partial charge in [0.25, 0.3) is 0 Å². The Bertz CT molecular complexity index is 584. The van der Waals surface area contributed by atoms with Crippen LogP contribution in [0.2, 0.25) is 10.0 Å². The van der Waals surface area contributed by atoms with Gasteiger partial charge in [0.15, 0.2) is 0 Å². The van der Waals surface area contributed by atoms with E-state index in [4.69, 9.17) is 23.2 Å². The summed E-state index contributed by atoms with van der Waals surface area (Å²) >= 11 is 11.8. The first-order chi connectivity index (χ1) is 9.58. The lowest BCUT2D eigenvalue weighted by Crippen LogP contribution is -2.15. The molecule has 6 heteroatoms. The molecule has 3 N–H and O–H groups in total. The van der Waals surface area contributed by atoms with Crippen LogP contribution in [0, 0.1) is 6.92 Å². The topological polar surface area (TPSA) is 60.9 Å². The minimum atomic E-state index is 0.0919. The van der Waals surface area contributed by atoms with Crippen LogP contribution in [0.25, 0.3) is 0 Å². The van der Waals surface area contributed by atoms with Gasteiger partial charge in [0.05, 0.1) is 11.2 Å². The van der Waals surface area contributed by atoms with Crippen LogP contribution in [0.3, 0.4) is 0 Å². The second kappa shape index (κ2) is 6.97. The lowest BCUT2D eigenvalue weighted by Gasteiger charge is -2.08. The van der Waals surface area contributed by atoms with Crippen LogP contribution in [0.5, 0.6) is 5.75 Å². The van der Waals surface area contributed by atoms with Gasteiger partial charge in [-0.3, -0.25) is 5.10 Å². The van der Waals surface area contributed by atoms with Gasteiger partial charge in [-0.1, -0.05) is 23.2 Å². The van der Waals surface area contributed by atoms with Gasteiger partial charge in [0, 0.05) is 22.8 Å². The number of hydrogen-bond donors (Lipinski definition) is 3. The van der Waals surface area contributed by atoms with Crippen LogP contribution in [0.15, 0.2) is 18.3 Å². The zero-order valence-electron chi connectivity index (χ0n) is 11.2. The molecular formula is C14H17Cl2N3O. The Hall–Kier alpha value is -1.23. The average Bonchev–Trinajstić information content (AvgIpc) is 2.80. The summed E-state index contributed by atoms with van der Waals surface area (Å²) in [6.45, 7) is 3.40. The maximum absolute atomic E-state index is 9.82. The predicted octanol–water partition coefficient (Wildman–Crippen LogP) is 3.45. The van der Waals surface area contributed by atoms with Crippen molar-refractivity contribution in [1.82, 2.24) is 15.5 Å². The van der Waals surface area contributed by atoms with Crippen molar-refractivity contribution in [3.05, 3.63) is 45.2 Å². The van der Waals surface area contributed by atoms with E-state index < -0.39 is 0 Å². The molecule has 0 aliphatic carbocycles. The monoisotopic (exact) mass is 313 g/mol. The van der Waals surface area contributed by atoms with E-state index in [1.807, 2.05) is 13.1 Å². The molecule has 2 aromatic rings. The Morgan fingerprint density at radius 1 is 1.30 bits per heavy atom. The Morgan fingerprint density at radius 3 is 2.80 bits per heavy atom. The van der Waals surface area contributed by atoms with Gasteiger partial charge in [-0.05, 0) is 44.0 Å². The molecule has 0 fully saturated rings. The van der Waals surface area contributed by atoms with E-state index in [0.29, 0.717) is 17.1 Å². The molecule has 4 nitrogen and oxygen atoms in total. The summed E-state index contributed by atoms with van der Waals surface area (Å²) in [7, 11) is 0. The Morgan fingerprint density at radius 2 is 2.10 bits per heavy atom. The summed E-state index contributed by atoms with van der Waals surface area (Å²) in [4.78, 5) is 0. The summed E-state index contributed by atoms with van der Waals surface area (Å²) in [6, 6.07) is 3.25. The number of H-pyrrole nitrogens is 1. The smallest absolute Gasteiger partial charge is 0.138 e. The fourth-order valence-corrected chi connectivity index (χ4v) is 2.54. The first kappa shape index (κ1) is 15.2. The highest BCUT2D eigenvalue weighted by atomic mass is 35.5. The highest BCUT2D eigenvalue weighted by molar-refractivity contribution is 6.35. The van der Waals surface area contributed by atoms with E-state index in [2.05, 4.69) is 15.5 Å². The van der Waals surface area contributed by atoms with E-state index in [0.717, 1.165) is 25.1 Å². The minimum absolute atomic E-state index is 0.0919. The zero-order chi connectivity index (χ0) is 14.5. The molecule has 20 heavy (non-hydrogen) atoms. The molecule has 0 spiro atoms. The van der Waals surface area contributed by atoms with E-state index in [1.54, 1.807) is 6.07 Å². The van der Waals surface area contributed by atoms with E-state index in [-0.39, 0.29) is 10.8 Å². The number of phenolic OH excluding ortho intramolecular Hbond substituents is 1. The molecule has 0 unspecified atom stereocenters. The normalized spacial score (nSPS) is 10.9. The highest BCUT2D eigenvalue weighted by Gasteiger charge is 2.07. The number of rotatable bonds is 6. The first-order valence-electron chi connectivity index (χ1n) is 6.44. The van der Waals surface area contributed by atoms with Crippen molar-refractivity contribution < 1.29 is 5.11 Å². The largest absolute Gasteiger partial charge is 0.506 e. The van der Waals surface area contributed by atoms with Crippen molar-refractivity contribution in [2.75, 3.05) is 6.54 Å². The van der Waals surface area contributed by atoms with Crippen LogP contribution >= 0.6 is 23.2 Å². The van der Waals surface area contributed by atoms with E-state index in [1.165, 1.54) is 11.6 Å². The molecule has 0 aliphatic rings. The molecule has 0 aliphatic heterocycles. The Labute approximate surface area is 128 Å². The summed E-state index contributed by atoms with van der Waals surface area (Å²) < 4.78 is 0. The summed E-state index contributed by atoms with van der Waals surface area (Å²) in [5.41, 5.74) is 3.06. The van der Waals surface area contributed by atoms with Gasteiger partial charge in [-0.15, -0.1) is 0 Å². The molecule has 1 heterocycles. The number of aromatic amines is 1. The number of aromatic nitrogens is 2. The molecule has 1 aromatic carbocycles. The third-order valence-corrected chi connectivity index (χ3v) is 3.66. The Balaban J connectivity index is 1.78. The molecule has 2 rings (SSSR count). The molecule has 108 valence electrons. The van der Waals surface area contributed by atoms with Crippen molar-refractivity contribution in [3.8, 4) is 5.75 Å². The maximum atomic E-state index is 9.82. The number of aromatic hydroxyl groups is 1. The van der Waals surface area contributed by atoms with Gasteiger partial charge >= 0.3 is 0 Å². The number of benzene rings is 1. The van der Waals surface area contributed by atoms with Gasteiger partial charge in [-0.2, -0.15) is 5.10 Å². The minimum Gasteiger partial charge on any atom is -0.506 e. The third kappa shape index (κ3) is 3.88. The van der Waals surface area contributed by atoms with Crippen LogP contribution < -0.4 is 5.32 Å². The SMILES string of the molecule is Cc1[nH]ncc1CCCNCc1cc(Cl)cc(Cl)c1O. The van der Waals surface area contributed by atoms with Crippen molar-refractivity contribution >= 4 is 23.2 Å². The summed E-state index contributed by atoms with van der Waals surface area (Å²) in [6.07, 6.45) is 3.82. The van der Waals surface area contributed by atoms with E-state index >= 15 is 0 Å². The first-order valence-corrected chi connectivity index (χ1v) is 7.20. The quantitative estimate of drug-likeness (QED) is 0.716. The van der Waals surface area contributed by atoms with Gasteiger partial charge in [-0.25, -0.2) is 0 Å². The predicted molar refractivity (Wildman–Crippen MR) is 81.5 cm³/mol. The van der Waals surface area contributed by atoms with Crippen LogP contribution in [-0.2, 0) is 13.0 Å². The molecule has 0 saturated heterocycles. The fourth-order valence-electron chi connectivity index (χ4n) is 2.01. The number of halogens is 2. The van der Waals surface area contributed by atoms with Gasteiger partial charge < -0.3 is 10.4 Å². The molecule has 0 amide bonds. The lowest BCUT2D eigenvalue weighted by atomic mass is 10.1. The number of nitrogens with one attached hydrogen (secondary N) is 2. The third-order valence-electron chi connectivity index (χ3n) is 3.16. The van der Waals surface area contributed by atoms with E-state index in [9.17, 15) is 5.11 Å². The number of hydrogen-bond acceptors (Lipinski definition) is 3. The second-order valence-electron chi connectivity index (χ2n) is 4.70. The lowest BCUT2D eigenvalue weighted by molar-refractivity contribution is 0.464. The van der Waals surface area contributed by atoms with Crippen molar-refractivity contribution in [1.29, 1.82) is 0 Å². The van der Waals surface area contributed by atoms with Gasteiger partial charge in [0.1, 0.15) is 5.75 Å². The summed E-state index contributed by atoms with van der Waals surface area (Å²) in [5.74, 6) is 0.0919. The molecule has 0 bridgehead atoms. The fraction of sp³-hybridized carbons (Fsp3) is 0.357. The summed E-state index contributed by atoms with van der Waals surface area (Å²) in [5, 5.41) is 20.8. The average molecular weight is 314 g/mol. The highest BCUT2D eigenvalue weighted by Crippen LogP contribution is 2.30. The Kier molecular flexibility index (Phi) is 5.29. The number of nitrogens with zero attached hydrogens (tertiary/aromatic N) is 1. The van der Waals surface area contributed by atoms with Crippen LogP contribution in [0.4, 0.5) is 0 Å². The van der Waals surface area contributed by atoms with Crippen molar-refractivity contribution in [2.45, 2.75) is 26.3 Å². The van der Waals surface area contributed by atoms with Crippen molar-refractivity contribution in [3.63, 3.8) is 0 Å². The van der Waals surface area contributed by atoms with Crippen molar-refractivity contribution in [2.24, 2.45) is 0 Å². The maximum Gasteiger partial charge on any atom is 0.138 e. The standard InChI is InChI=1S/C14H17Cl2N3O/c1-9-10(8-18-19-9)3-2-4-17-7-11-5-12(15)6-13(16)14(11)20/h5-6,8,17,20H,2-4,7H2,1H3,(H,18,19). The molecule has 1 aromatic heterocycles. The number of phenols is 1. The van der Waals surface area contributed by atoms with Gasteiger partial charge in [0.2, 0.25) is 0 Å². The molecular weight excluding hydrogens is 297 g/mol.